The predicted molar refractivity (Wildman–Crippen MR) is 112 cm³/mol. The van der Waals surface area contributed by atoms with Gasteiger partial charge in [-0.2, -0.15) is 4.98 Å². The number of piperazine rings is 1. The fourth-order valence-corrected chi connectivity index (χ4v) is 3.22. The smallest absolute Gasteiger partial charge is 0.227 e. The zero-order chi connectivity index (χ0) is 18.6. The summed E-state index contributed by atoms with van der Waals surface area (Å²) in [4.78, 5) is 13.7. The highest BCUT2D eigenvalue weighted by Crippen LogP contribution is 2.23. The third-order valence-electron chi connectivity index (χ3n) is 4.97. The zero-order valence-corrected chi connectivity index (χ0v) is 15.9. The van der Waals surface area contributed by atoms with Crippen molar-refractivity contribution in [3.05, 3.63) is 66.4 Å². The molecule has 0 unspecified atom stereocenters. The Hall–Kier alpha value is -2.92. The molecule has 1 aliphatic rings. The van der Waals surface area contributed by atoms with Gasteiger partial charge in [0.05, 0.1) is 0 Å². The largest absolute Gasteiger partial charge is 0.340 e. The second-order valence-corrected chi connectivity index (χ2v) is 7.10. The fourth-order valence-electron chi connectivity index (χ4n) is 3.22. The highest BCUT2D eigenvalue weighted by molar-refractivity contribution is 5.68. The summed E-state index contributed by atoms with van der Waals surface area (Å²) in [6.45, 7) is 6.12. The molecule has 5 nitrogen and oxygen atoms in total. The fraction of sp³-hybridized carbons (Fsp3) is 0.273. The number of likely N-dealkylation sites (N-methyl/N-ethyl adjacent to an activating group) is 1. The van der Waals surface area contributed by atoms with Gasteiger partial charge in [0.15, 0.2) is 0 Å². The minimum atomic E-state index is 0.796. The summed E-state index contributed by atoms with van der Waals surface area (Å²) in [7, 11) is 2.15. The minimum absolute atomic E-state index is 0.796. The molecule has 1 aromatic heterocycles. The quantitative estimate of drug-likeness (QED) is 0.764. The van der Waals surface area contributed by atoms with Crippen LogP contribution in [0.3, 0.4) is 0 Å². The maximum absolute atomic E-state index is 4.69. The molecule has 2 heterocycles. The summed E-state index contributed by atoms with van der Waals surface area (Å²) in [5, 5.41) is 3.39. The second kappa shape index (κ2) is 7.76. The highest BCUT2D eigenvalue weighted by Gasteiger charge is 2.16. The number of anilines is 3. The molecule has 138 valence electrons. The van der Waals surface area contributed by atoms with Crippen molar-refractivity contribution in [3.8, 4) is 11.1 Å². The lowest BCUT2D eigenvalue weighted by Gasteiger charge is -2.32. The summed E-state index contributed by atoms with van der Waals surface area (Å²) < 4.78 is 0. The third-order valence-corrected chi connectivity index (χ3v) is 4.97. The maximum Gasteiger partial charge on any atom is 0.227 e. The van der Waals surface area contributed by atoms with Crippen molar-refractivity contribution in [1.82, 2.24) is 14.9 Å². The number of nitrogens with zero attached hydrogens (tertiary/aromatic N) is 4. The normalized spacial score (nSPS) is 15.0. The molecule has 0 spiro atoms. The molecule has 1 fully saturated rings. The molecule has 0 aliphatic carbocycles. The second-order valence-electron chi connectivity index (χ2n) is 7.10. The molecule has 1 aliphatic heterocycles. The van der Waals surface area contributed by atoms with Gasteiger partial charge in [0.25, 0.3) is 0 Å². The van der Waals surface area contributed by atoms with Crippen molar-refractivity contribution in [2.45, 2.75) is 6.92 Å². The lowest BCUT2D eigenvalue weighted by atomic mass is 10.0. The van der Waals surface area contributed by atoms with E-state index in [-0.39, 0.29) is 0 Å². The summed E-state index contributed by atoms with van der Waals surface area (Å²) in [5.41, 5.74) is 4.73. The zero-order valence-electron chi connectivity index (χ0n) is 15.9. The molecule has 0 saturated carbocycles. The third kappa shape index (κ3) is 4.26. The Balaban J connectivity index is 1.46. The predicted octanol–water partition coefficient (Wildman–Crippen LogP) is 3.95. The Bertz CT molecular complexity index is 881. The Morgan fingerprint density at radius 1 is 0.815 bits per heavy atom. The van der Waals surface area contributed by atoms with Crippen LogP contribution in [-0.4, -0.2) is 48.1 Å². The van der Waals surface area contributed by atoms with Gasteiger partial charge in [-0.05, 0) is 43.3 Å². The van der Waals surface area contributed by atoms with E-state index in [1.807, 2.05) is 12.3 Å². The van der Waals surface area contributed by atoms with Gasteiger partial charge in [-0.1, -0.05) is 42.0 Å². The van der Waals surface area contributed by atoms with Crippen molar-refractivity contribution >= 4 is 17.5 Å². The van der Waals surface area contributed by atoms with E-state index in [0.29, 0.717) is 0 Å². The van der Waals surface area contributed by atoms with Crippen LogP contribution in [0.1, 0.15) is 5.56 Å². The molecular formula is C22H25N5. The average Bonchev–Trinajstić information content (AvgIpc) is 2.70. The monoisotopic (exact) mass is 359 g/mol. The molecule has 27 heavy (non-hydrogen) atoms. The van der Waals surface area contributed by atoms with Gasteiger partial charge < -0.3 is 15.1 Å². The molecule has 3 aromatic rings. The van der Waals surface area contributed by atoms with Crippen LogP contribution in [0, 0.1) is 6.92 Å². The molecule has 0 radical (unpaired) electrons. The van der Waals surface area contributed by atoms with Crippen molar-refractivity contribution in [3.63, 3.8) is 0 Å². The minimum Gasteiger partial charge on any atom is -0.340 e. The van der Waals surface area contributed by atoms with Crippen LogP contribution in [0.5, 0.6) is 0 Å². The SMILES string of the molecule is Cc1ccc(-c2ccc(Nc3ccnc(N4CCN(C)CC4)n3)cc2)cc1. The molecular weight excluding hydrogens is 334 g/mol. The van der Waals surface area contributed by atoms with Gasteiger partial charge in [-0.15, -0.1) is 0 Å². The van der Waals surface area contributed by atoms with Crippen LogP contribution >= 0.6 is 0 Å². The first-order valence-electron chi connectivity index (χ1n) is 9.38. The Morgan fingerprint density at radius 3 is 2.11 bits per heavy atom. The van der Waals surface area contributed by atoms with Crippen LogP contribution < -0.4 is 10.2 Å². The lowest BCUT2D eigenvalue weighted by Crippen LogP contribution is -2.45. The van der Waals surface area contributed by atoms with Gasteiger partial charge in [0, 0.05) is 38.1 Å². The first-order chi connectivity index (χ1) is 13.2. The molecule has 0 bridgehead atoms. The number of aromatic nitrogens is 2. The Labute approximate surface area is 160 Å². The summed E-state index contributed by atoms with van der Waals surface area (Å²) in [5.74, 6) is 1.62. The molecule has 0 amide bonds. The van der Waals surface area contributed by atoms with Gasteiger partial charge in [-0.25, -0.2) is 4.98 Å². The Kier molecular flexibility index (Phi) is 5.03. The van der Waals surface area contributed by atoms with Crippen molar-refractivity contribution in [2.75, 3.05) is 43.4 Å². The summed E-state index contributed by atoms with van der Waals surface area (Å²) >= 11 is 0. The molecule has 5 heteroatoms. The number of rotatable bonds is 4. The average molecular weight is 359 g/mol. The van der Waals surface area contributed by atoms with Crippen LogP contribution in [0.2, 0.25) is 0 Å². The summed E-state index contributed by atoms with van der Waals surface area (Å²) in [6.07, 6.45) is 1.82. The summed E-state index contributed by atoms with van der Waals surface area (Å²) in [6, 6.07) is 19.0. The number of aryl methyl sites for hydroxylation is 1. The van der Waals surface area contributed by atoms with E-state index in [2.05, 4.69) is 82.6 Å². The van der Waals surface area contributed by atoms with Gasteiger partial charge in [-0.3, -0.25) is 0 Å². The van der Waals surface area contributed by atoms with Crippen LogP contribution in [0.4, 0.5) is 17.5 Å². The standard InChI is InChI=1S/C22H25N5/c1-17-3-5-18(6-4-17)19-7-9-20(10-8-19)24-21-11-12-23-22(25-21)27-15-13-26(2)14-16-27/h3-12H,13-16H2,1-2H3,(H,23,24,25). The highest BCUT2D eigenvalue weighted by atomic mass is 15.3. The molecule has 4 rings (SSSR count). The van der Waals surface area contributed by atoms with Gasteiger partial charge >= 0.3 is 0 Å². The van der Waals surface area contributed by atoms with Crippen molar-refractivity contribution in [2.24, 2.45) is 0 Å². The van der Waals surface area contributed by atoms with E-state index in [9.17, 15) is 0 Å². The molecule has 1 saturated heterocycles. The van der Waals surface area contributed by atoms with E-state index in [4.69, 9.17) is 4.98 Å². The number of hydrogen-bond acceptors (Lipinski definition) is 5. The number of nitrogens with one attached hydrogen (secondary N) is 1. The number of hydrogen-bond donors (Lipinski definition) is 1. The maximum atomic E-state index is 4.69. The van der Waals surface area contributed by atoms with E-state index in [0.717, 1.165) is 43.6 Å². The van der Waals surface area contributed by atoms with Crippen LogP contribution in [0.25, 0.3) is 11.1 Å². The van der Waals surface area contributed by atoms with E-state index >= 15 is 0 Å². The topological polar surface area (TPSA) is 44.3 Å². The Morgan fingerprint density at radius 2 is 1.44 bits per heavy atom. The molecule has 1 N–H and O–H groups in total. The van der Waals surface area contributed by atoms with Gasteiger partial charge in [0.2, 0.25) is 5.95 Å². The molecule has 2 aromatic carbocycles. The van der Waals surface area contributed by atoms with Crippen LogP contribution in [-0.2, 0) is 0 Å². The van der Waals surface area contributed by atoms with E-state index in [1.54, 1.807) is 0 Å². The van der Waals surface area contributed by atoms with Crippen molar-refractivity contribution < 1.29 is 0 Å². The van der Waals surface area contributed by atoms with E-state index in [1.165, 1.54) is 16.7 Å². The van der Waals surface area contributed by atoms with Gasteiger partial charge in [0.1, 0.15) is 5.82 Å². The van der Waals surface area contributed by atoms with E-state index < -0.39 is 0 Å². The van der Waals surface area contributed by atoms with Crippen LogP contribution in [0.15, 0.2) is 60.8 Å². The van der Waals surface area contributed by atoms with Crippen molar-refractivity contribution in [1.29, 1.82) is 0 Å². The first kappa shape index (κ1) is 17.5. The molecule has 0 atom stereocenters. The first-order valence-corrected chi connectivity index (χ1v) is 9.38. The number of benzene rings is 2. The lowest BCUT2D eigenvalue weighted by molar-refractivity contribution is 0.311.